The van der Waals surface area contributed by atoms with Crippen molar-refractivity contribution in [3.8, 4) is 0 Å². The molecule has 0 radical (unpaired) electrons. The first-order valence-electron chi connectivity index (χ1n) is 5.28. The highest BCUT2D eigenvalue weighted by Gasteiger charge is 2.11. The summed E-state index contributed by atoms with van der Waals surface area (Å²) in [6.45, 7) is 6.60. The van der Waals surface area contributed by atoms with Gasteiger partial charge in [0, 0.05) is 18.3 Å². The van der Waals surface area contributed by atoms with Crippen molar-refractivity contribution < 1.29 is 0 Å². The number of aromatic nitrogens is 2. The molecule has 1 aliphatic rings. The molecule has 2 rings (SSSR count). The highest BCUT2D eigenvalue weighted by molar-refractivity contribution is 5.28. The summed E-state index contributed by atoms with van der Waals surface area (Å²) < 4.78 is 1.99. The lowest BCUT2D eigenvalue weighted by atomic mass is 10.4. The summed E-state index contributed by atoms with van der Waals surface area (Å²) in [5.74, 6) is 0.629. The molecule has 1 aromatic rings. The van der Waals surface area contributed by atoms with Gasteiger partial charge in [-0.05, 0) is 32.9 Å². The van der Waals surface area contributed by atoms with Crippen LogP contribution in [0.5, 0.6) is 0 Å². The van der Waals surface area contributed by atoms with E-state index < -0.39 is 0 Å². The van der Waals surface area contributed by atoms with Crippen molar-refractivity contribution >= 4 is 5.82 Å². The third-order valence-corrected chi connectivity index (χ3v) is 2.83. The lowest BCUT2D eigenvalue weighted by molar-refractivity contribution is 0.314. The minimum atomic E-state index is 0.629. The molecule has 0 atom stereocenters. The first-order chi connectivity index (χ1) is 6.75. The second-order valence-corrected chi connectivity index (χ2v) is 3.98. The average molecular weight is 194 g/mol. The van der Waals surface area contributed by atoms with Gasteiger partial charge in [-0.25, -0.2) is 0 Å². The van der Waals surface area contributed by atoms with E-state index in [1.807, 2.05) is 17.7 Å². The van der Waals surface area contributed by atoms with Gasteiger partial charge in [0.25, 0.3) is 0 Å². The molecular weight excluding hydrogens is 176 g/mol. The van der Waals surface area contributed by atoms with Gasteiger partial charge in [0.1, 0.15) is 5.82 Å². The predicted molar refractivity (Wildman–Crippen MR) is 57.1 cm³/mol. The number of nitrogens with zero attached hydrogens (tertiary/aromatic N) is 3. The van der Waals surface area contributed by atoms with E-state index in [0.29, 0.717) is 5.82 Å². The fourth-order valence-corrected chi connectivity index (χ4v) is 2.00. The second-order valence-electron chi connectivity index (χ2n) is 3.98. The van der Waals surface area contributed by atoms with E-state index in [9.17, 15) is 0 Å². The Morgan fingerprint density at radius 2 is 2.07 bits per heavy atom. The first-order valence-corrected chi connectivity index (χ1v) is 5.28. The van der Waals surface area contributed by atoms with E-state index in [2.05, 4.69) is 10.00 Å². The second kappa shape index (κ2) is 4.00. The SMILES string of the molecule is Cc1cc(N)nn1CCN1CCCC1. The van der Waals surface area contributed by atoms with Gasteiger partial charge in [-0.1, -0.05) is 0 Å². The van der Waals surface area contributed by atoms with Crippen LogP contribution in [0.4, 0.5) is 5.82 Å². The maximum atomic E-state index is 5.62. The summed E-state index contributed by atoms with van der Waals surface area (Å²) in [6.07, 6.45) is 2.69. The summed E-state index contributed by atoms with van der Waals surface area (Å²) in [5.41, 5.74) is 6.77. The molecule has 14 heavy (non-hydrogen) atoms. The Kier molecular flexibility index (Phi) is 2.72. The molecule has 4 heteroatoms. The van der Waals surface area contributed by atoms with E-state index >= 15 is 0 Å². The van der Waals surface area contributed by atoms with Crippen molar-refractivity contribution in [3.63, 3.8) is 0 Å². The van der Waals surface area contributed by atoms with Gasteiger partial charge in [0.05, 0.1) is 6.54 Å². The molecule has 0 unspecified atom stereocenters. The minimum absolute atomic E-state index is 0.629. The van der Waals surface area contributed by atoms with Crippen LogP contribution >= 0.6 is 0 Å². The molecule has 2 heterocycles. The molecule has 1 saturated heterocycles. The van der Waals surface area contributed by atoms with Crippen LogP contribution in [0.3, 0.4) is 0 Å². The van der Waals surface area contributed by atoms with Gasteiger partial charge in [-0.15, -0.1) is 0 Å². The van der Waals surface area contributed by atoms with Crippen molar-refractivity contribution in [1.29, 1.82) is 0 Å². The molecule has 0 saturated carbocycles. The van der Waals surface area contributed by atoms with Gasteiger partial charge < -0.3 is 10.6 Å². The normalized spacial score (nSPS) is 17.8. The topological polar surface area (TPSA) is 47.1 Å². The first kappa shape index (κ1) is 9.52. The van der Waals surface area contributed by atoms with Crippen LogP contribution in [0.2, 0.25) is 0 Å². The number of anilines is 1. The van der Waals surface area contributed by atoms with E-state index in [0.717, 1.165) is 18.8 Å². The molecule has 0 bridgehead atoms. The fraction of sp³-hybridized carbons (Fsp3) is 0.700. The standard InChI is InChI=1S/C10H18N4/c1-9-8-10(11)12-14(9)7-6-13-4-2-3-5-13/h8H,2-7H2,1H3,(H2,11,12). The van der Waals surface area contributed by atoms with Crippen LogP contribution < -0.4 is 5.73 Å². The molecule has 78 valence electrons. The summed E-state index contributed by atoms with van der Waals surface area (Å²) in [4.78, 5) is 2.48. The molecule has 1 aliphatic heterocycles. The van der Waals surface area contributed by atoms with E-state index in [4.69, 9.17) is 5.73 Å². The molecular formula is C10H18N4. The number of nitrogens with two attached hydrogens (primary N) is 1. The Hall–Kier alpha value is -1.03. The highest BCUT2D eigenvalue weighted by atomic mass is 15.3. The Morgan fingerprint density at radius 3 is 2.64 bits per heavy atom. The number of hydrogen-bond acceptors (Lipinski definition) is 3. The number of hydrogen-bond donors (Lipinski definition) is 1. The molecule has 1 aromatic heterocycles. The maximum absolute atomic E-state index is 5.62. The van der Waals surface area contributed by atoms with Crippen molar-refractivity contribution in [1.82, 2.24) is 14.7 Å². The van der Waals surface area contributed by atoms with Gasteiger partial charge in [0.15, 0.2) is 0 Å². The predicted octanol–water partition coefficient (Wildman–Crippen LogP) is 0.870. The smallest absolute Gasteiger partial charge is 0.145 e. The third-order valence-electron chi connectivity index (χ3n) is 2.83. The van der Waals surface area contributed by atoms with Crippen molar-refractivity contribution in [2.45, 2.75) is 26.3 Å². The van der Waals surface area contributed by atoms with Gasteiger partial charge in [0.2, 0.25) is 0 Å². The highest BCUT2D eigenvalue weighted by Crippen LogP contribution is 2.08. The van der Waals surface area contributed by atoms with Crippen LogP contribution in [0.1, 0.15) is 18.5 Å². The van der Waals surface area contributed by atoms with Gasteiger partial charge in [-0.3, -0.25) is 4.68 Å². The Morgan fingerprint density at radius 1 is 1.36 bits per heavy atom. The van der Waals surface area contributed by atoms with Crippen LogP contribution in [0, 0.1) is 6.92 Å². The van der Waals surface area contributed by atoms with Crippen LogP contribution in [-0.4, -0.2) is 34.3 Å². The van der Waals surface area contributed by atoms with E-state index in [-0.39, 0.29) is 0 Å². The third kappa shape index (κ3) is 2.07. The summed E-state index contributed by atoms with van der Waals surface area (Å²) in [5, 5.41) is 4.24. The number of rotatable bonds is 3. The lowest BCUT2D eigenvalue weighted by Gasteiger charge is -2.14. The Labute approximate surface area is 84.7 Å². The molecule has 0 aliphatic carbocycles. The zero-order chi connectivity index (χ0) is 9.97. The number of aryl methyl sites for hydroxylation is 1. The van der Waals surface area contributed by atoms with Gasteiger partial charge in [-0.2, -0.15) is 5.10 Å². The van der Waals surface area contributed by atoms with Crippen LogP contribution in [0.25, 0.3) is 0 Å². The largest absolute Gasteiger partial charge is 0.382 e. The maximum Gasteiger partial charge on any atom is 0.145 e. The van der Waals surface area contributed by atoms with Crippen molar-refractivity contribution in [3.05, 3.63) is 11.8 Å². The van der Waals surface area contributed by atoms with E-state index in [1.165, 1.54) is 25.9 Å². The van der Waals surface area contributed by atoms with Crippen LogP contribution in [-0.2, 0) is 6.54 Å². The minimum Gasteiger partial charge on any atom is -0.382 e. The van der Waals surface area contributed by atoms with Crippen molar-refractivity contribution in [2.75, 3.05) is 25.4 Å². The van der Waals surface area contributed by atoms with Crippen molar-refractivity contribution in [2.24, 2.45) is 0 Å². The zero-order valence-corrected chi connectivity index (χ0v) is 8.74. The fourth-order valence-electron chi connectivity index (χ4n) is 2.00. The Bertz CT molecular complexity index is 299. The zero-order valence-electron chi connectivity index (χ0n) is 8.74. The Balaban J connectivity index is 1.87. The molecule has 4 nitrogen and oxygen atoms in total. The summed E-state index contributed by atoms with van der Waals surface area (Å²) in [7, 11) is 0. The summed E-state index contributed by atoms with van der Waals surface area (Å²) >= 11 is 0. The number of likely N-dealkylation sites (tertiary alicyclic amines) is 1. The summed E-state index contributed by atoms with van der Waals surface area (Å²) in [6, 6.07) is 1.92. The van der Waals surface area contributed by atoms with Crippen LogP contribution in [0.15, 0.2) is 6.07 Å². The van der Waals surface area contributed by atoms with E-state index in [1.54, 1.807) is 0 Å². The quantitative estimate of drug-likeness (QED) is 0.776. The number of nitrogen functional groups attached to an aromatic ring is 1. The molecule has 0 aromatic carbocycles. The molecule has 0 amide bonds. The lowest BCUT2D eigenvalue weighted by Crippen LogP contribution is -2.24. The molecule has 1 fully saturated rings. The molecule has 0 spiro atoms. The monoisotopic (exact) mass is 194 g/mol. The van der Waals surface area contributed by atoms with Gasteiger partial charge >= 0.3 is 0 Å². The average Bonchev–Trinajstić information content (AvgIpc) is 2.72. The molecule has 2 N–H and O–H groups in total.